The highest BCUT2D eigenvalue weighted by Crippen LogP contribution is 2.19. The van der Waals surface area contributed by atoms with Crippen molar-refractivity contribution in [2.45, 2.75) is 32.2 Å². The molecule has 1 N–H and O–H groups in total. The van der Waals surface area contributed by atoms with Crippen LogP contribution < -0.4 is 5.32 Å². The van der Waals surface area contributed by atoms with Gasteiger partial charge in [-0.15, -0.1) is 0 Å². The number of hydrogen-bond acceptors (Lipinski definition) is 2. The summed E-state index contributed by atoms with van der Waals surface area (Å²) < 4.78 is 13.3. The minimum Gasteiger partial charge on any atom is -0.310 e. The predicted molar refractivity (Wildman–Crippen MR) is 80.0 cm³/mol. The second kappa shape index (κ2) is 7.75. The third kappa shape index (κ3) is 4.42. The van der Waals surface area contributed by atoms with Crippen LogP contribution in [-0.4, -0.2) is 11.5 Å². The van der Waals surface area contributed by atoms with Gasteiger partial charge in [-0.3, -0.25) is 4.98 Å². The monoisotopic (exact) mass is 272 g/mol. The molecule has 3 heteroatoms. The molecule has 2 rings (SSSR count). The smallest absolute Gasteiger partial charge is 0.141 e. The van der Waals surface area contributed by atoms with Gasteiger partial charge in [-0.05, 0) is 43.0 Å². The molecule has 106 valence electrons. The van der Waals surface area contributed by atoms with Crippen LogP contribution in [0.3, 0.4) is 0 Å². The highest BCUT2D eigenvalue weighted by Gasteiger charge is 2.11. The Morgan fingerprint density at radius 2 is 2.00 bits per heavy atom. The van der Waals surface area contributed by atoms with Crippen LogP contribution in [0, 0.1) is 5.82 Å². The minimum atomic E-state index is -0.270. The van der Waals surface area contributed by atoms with Crippen molar-refractivity contribution in [3.8, 4) is 0 Å². The van der Waals surface area contributed by atoms with Crippen LogP contribution in [0.25, 0.3) is 0 Å². The second-order valence-electron chi connectivity index (χ2n) is 4.92. The second-order valence-corrected chi connectivity index (χ2v) is 4.92. The van der Waals surface area contributed by atoms with Crippen LogP contribution in [0.4, 0.5) is 4.39 Å². The Morgan fingerprint density at radius 3 is 2.70 bits per heavy atom. The highest BCUT2D eigenvalue weighted by atomic mass is 19.1. The number of nitrogens with zero attached hydrogens (tertiary/aromatic N) is 1. The maximum atomic E-state index is 13.3. The van der Waals surface area contributed by atoms with E-state index in [9.17, 15) is 4.39 Å². The summed E-state index contributed by atoms with van der Waals surface area (Å²) in [5.41, 5.74) is 2.28. The summed E-state index contributed by atoms with van der Waals surface area (Å²) >= 11 is 0. The molecule has 0 aliphatic carbocycles. The van der Waals surface area contributed by atoms with E-state index < -0.39 is 0 Å². The number of pyridine rings is 1. The van der Waals surface area contributed by atoms with Crippen molar-refractivity contribution in [3.63, 3.8) is 0 Å². The van der Waals surface area contributed by atoms with Crippen LogP contribution >= 0.6 is 0 Å². The van der Waals surface area contributed by atoms with E-state index in [1.165, 1.54) is 11.8 Å². The zero-order valence-corrected chi connectivity index (χ0v) is 11.8. The summed E-state index contributed by atoms with van der Waals surface area (Å²) in [4.78, 5) is 3.94. The van der Waals surface area contributed by atoms with Crippen molar-refractivity contribution < 1.29 is 4.39 Å². The first-order valence-corrected chi connectivity index (χ1v) is 7.17. The van der Waals surface area contributed by atoms with E-state index in [4.69, 9.17) is 0 Å². The Hall–Kier alpha value is -1.74. The fraction of sp³-hybridized carbons (Fsp3) is 0.353. The summed E-state index contributed by atoms with van der Waals surface area (Å²) in [5.74, 6) is -0.270. The zero-order valence-electron chi connectivity index (χ0n) is 11.8. The highest BCUT2D eigenvalue weighted by molar-refractivity contribution is 5.16. The Morgan fingerprint density at radius 1 is 1.20 bits per heavy atom. The van der Waals surface area contributed by atoms with Gasteiger partial charge in [-0.25, -0.2) is 4.39 Å². The van der Waals surface area contributed by atoms with Gasteiger partial charge in [0, 0.05) is 12.2 Å². The van der Waals surface area contributed by atoms with Crippen molar-refractivity contribution in [2.75, 3.05) is 6.54 Å². The molecule has 0 spiro atoms. The summed E-state index contributed by atoms with van der Waals surface area (Å²) in [6.07, 6.45) is 6.09. The van der Waals surface area contributed by atoms with Crippen molar-refractivity contribution in [2.24, 2.45) is 0 Å². The van der Waals surface area contributed by atoms with Crippen LogP contribution in [0.5, 0.6) is 0 Å². The molecule has 0 amide bonds. The van der Waals surface area contributed by atoms with E-state index in [1.807, 2.05) is 6.07 Å². The average molecular weight is 272 g/mol. The molecule has 0 bridgehead atoms. The Bertz CT molecular complexity index is 513. The number of aryl methyl sites for hydroxylation is 1. The molecule has 2 nitrogen and oxygen atoms in total. The lowest BCUT2D eigenvalue weighted by molar-refractivity contribution is 0.492. The van der Waals surface area contributed by atoms with Crippen LogP contribution in [0.15, 0.2) is 48.8 Å². The number of halogens is 1. The fourth-order valence-electron chi connectivity index (χ4n) is 2.41. The van der Waals surface area contributed by atoms with Gasteiger partial charge in [0.25, 0.3) is 0 Å². The first-order valence-electron chi connectivity index (χ1n) is 7.17. The number of benzene rings is 1. The Labute approximate surface area is 120 Å². The van der Waals surface area contributed by atoms with E-state index in [2.05, 4.69) is 41.5 Å². The third-order valence-corrected chi connectivity index (χ3v) is 3.38. The quantitative estimate of drug-likeness (QED) is 0.827. The minimum absolute atomic E-state index is 0.173. The molecule has 2 aromatic rings. The molecule has 1 aromatic carbocycles. The summed E-state index contributed by atoms with van der Waals surface area (Å²) in [5, 5.41) is 3.41. The largest absolute Gasteiger partial charge is 0.310 e. The molecule has 0 fully saturated rings. The van der Waals surface area contributed by atoms with Crippen LogP contribution in [0.1, 0.15) is 36.9 Å². The average Bonchev–Trinajstić information content (AvgIpc) is 2.47. The third-order valence-electron chi connectivity index (χ3n) is 3.38. The van der Waals surface area contributed by atoms with E-state index in [1.54, 1.807) is 12.3 Å². The van der Waals surface area contributed by atoms with Gasteiger partial charge in [0.05, 0.1) is 6.20 Å². The Balaban J connectivity index is 1.92. The molecule has 1 atom stereocenters. The zero-order chi connectivity index (χ0) is 14.2. The van der Waals surface area contributed by atoms with Crippen LogP contribution in [0.2, 0.25) is 0 Å². The van der Waals surface area contributed by atoms with Crippen molar-refractivity contribution in [1.29, 1.82) is 0 Å². The van der Waals surface area contributed by atoms with E-state index >= 15 is 0 Å². The lowest BCUT2D eigenvalue weighted by Crippen LogP contribution is -2.21. The number of nitrogens with one attached hydrogen (secondary N) is 1. The summed E-state index contributed by atoms with van der Waals surface area (Å²) in [6.45, 7) is 2.93. The molecule has 1 unspecified atom stereocenters. The fourth-order valence-corrected chi connectivity index (χ4v) is 2.41. The normalized spacial score (nSPS) is 12.3. The van der Waals surface area contributed by atoms with Crippen molar-refractivity contribution >= 4 is 0 Å². The molecule has 0 saturated heterocycles. The van der Waals surface area contributed by atoms with Gasteiger partial charge >= 0.3 is 0 Å². The number of aromatic nitrogens is 1. The maximum Gasteiger partial charge on any atom is 0.141 e. The molecule has 0 aliphatic rings. The molecule has 1 aromatic heterocycles. The maximum absolute atomic E-state index is 13.3. The van der Waals surface area contributed by atoms with E-state index in [0.717, 1.165) is 31.4 Å². The SMILES string of the molecule is CCNC(CCCc1ccccc1)c1cncc(F)c1. The van der Waals surface area contributed by atoms with E-state index in [-0.39, 0.29) is 11.9 Å². The topological polar surface area (TPSA) is 24.9 Å². The Kier molecular flexibility index (Phi) is 5.69. The van der Waals surface area contributed by atoms with Crippen molar-refractivity contribution in [3.05, 3.63) is 65.7 Å². The molecule has 1 heterocycles. The standard InChI is InChI=1S/C17H21FN2/c1-2-20-17(15-11-16(18)13-19-12-15)10-6-9-14-7-4-3-5-8-14/h3-5,7-8,11-13,17,20H,2,6,9-10H2,1H3. The van der Waals surface area contributed by atoms with E-state index in [0.29, 0.717) is 0 Å². The van der Waals surface area contributed by atoms with Gasteiger partial charge in [-0.1, -0.05) is 37.3 Å². The van der Waals surface area contributed by atoms with Gasteiger partial charge in [0.1, 0.15) is 5.82 Å². The summed E-state index contributed by atoms with van der Waals surface area (Å²) in [7, 11) is 0. The molecule has 0 aliphatic heterocycles. The first kappa shape index (κ1) is 14.7. The van der Waals surface area contributed by atoms with Gasteiger partial charge in [0.2, 0.25) is 0 Å². The predicted octanol–water partition coefficient (Wildman–Crippen LogP) is 3.89. The number of hydrogen-bond donors (Lipinski definition) is 1. The molecule has 0 radical (unpaired) electrons. The molecule has 0 saturated carbocycles. The van der Waals surface area contributed by atoms with Gasteiger partial charge in [0.15, 0.2) is 0 Å². The lowest BCUT2D eigenvalue weighted by Gasteiger charge is -2.18. The van der Waals surface area contributed by atoms with Crippen LogP contribution in [-0.2, 0) is 6.42 Å². The lowest BCUT2D eigenvalue weighted by atomic mass is 10.00. The van der Waals surface area contributed by atoms with Gasteiger partial charge in [-0.2, -0.15) is 0 Å². The number of rotatable bonds is 7. The molecular weight excluding hydrogens is 251 g/mol. The van der Waals surface area contributed by atoms with Crippen molar-refractivity contribution in [1.82, 2.24) is 10.3 Å². The molecule has 20 heavy (non-hydrogen) atoms. The van der Waals surface area contributed by atoms with Gasteiger partial charge < -0.3 is 5.32 Å². The summed E-state index contributed by atoms with van der Waals surface area (Å²) in [6, 6.07) is 12.2. The molecular formula is C17H21FN2. The first-order chi connectivity index (χ1) is 9.79.